The summed E-state index contributed by atoms with van der Waals surface area (Å²) < 4.78 is 0. The molecule has 1 aromatic heterocycles. The van der Waals surface area contributed by atoms with E-state index in [1.807, 2.05) is 0 Å². The Balaban J connectivity index is 2.00. The molecule has 6 heteroatoms. The van der Waals surface area contributed by atoms with Crippen molar-refractivity contribution in [1.82, 2.24) is 9.88 Å². The number of aromatic nitrogens is 1. The maximum Gasteiger partial charge on any atom is 0.386 e. The summed E-state index contributed by atoms with van der Waals surface area (Å²) in [6, 6.07) is 3.74. The fourth-order valence-electron chi connectivity index (χ4n) is 2.27. The number of nitrogens with one attached hydrogen (secondary N) is 1. The fourth-order valence-corrected chi connectivity index (χ4v) is 2.27. The third-order valence-electron chi connectivity index (χ3n) is 3.35. The van der Waals surface area contributed by atoms with Crippen molar-refractivity contribution in [2.45, 2.75) is 25.8 Å². The first-order chi connectivity index (χ1) is 8.70. The van der Waals surface area contributed by atoms with Gasteiger partial charge in [0, 0.05) is 19.1 Å². The fraction of sp³-hybridized carbons (Fsp3) is 0.583. The first-order valence-corrected chi connectivity index (χ1v) is 6.29. The Morgan fingerprint density at radius 1 is 1.56 bits per heavy atom. The average molecular weight is 250 g/mol. The lowest BCUT2D eigenvalue weighted by Gasteiger charge is -2.31. The molecule has 1 aromatic rings. The Kier molecular flexibility index (Phi) is 4.09. The van der Waals surface area contributed by atoms with Crippen LogP contribution in [0.1, 0.15) is 19.8 Å². The van der Waals surface area contributed by atoms with Crippen molar-refractivity contribution in [3.63, 3.8) is 0 Å². The third kappa shape index (κ3) is 2.95. The number of hydrogen-bond acceptors (Lipinski definition) is 5. The van der Waals surface area contributed by atoms with E-state index in [-0.39, 0.29) is 5.82 Å². The molecule has 0 atom stereocenters. The van der Waals surface area contributed by atoms with Gasteiger partial charge in [-0.25, -0.2) is 0 Å². The van der Waals surface area contributed by atoms with E-state index in [1.165, 1.54) is 6.20 Å². The molecule has 2 rings (SSSR count). The van der Waals surface area contributed by atoms with Gasteiger partial charge in [-0.05, 0) is 41.4 Å². The summed E-state index contributed by atoms with van der Waals surface area (Å²) in [6.45, 7) is 5.31. The molecule has 18 heavy (non-hydrogen) atoms. The van der Waals surface area contributed by atoms with Crippen molar-refractivity contribution in [3.05, 3.63) is 28.4 Å². The highest BCUT2D eigenvalue weighted by molar-refractivity contribution is 5.57. The average Bonchev–Trinajstić information content (AvgIpc) is 2.40. The van der Waals surface area contributed by atoms with Crippen LogP contribution in [0.15, 0.2) is 18.3 Å². The van der Waals surface area contributed by atoms with Crippen molar-refractivity contribution in [2.24, 2.45) is 0 Å². The molecule has 0 bridgehead atoms. The monoisotopic (exact) mass is 250 g/mol. The molecule has 1 aliphatic heterocycles. The van der Waals surface area contributed by atoms with E-state index in [0.29, 0.717) is 11.7 Å². The van der Waals surface area contributed by atoms with Crippen LogP contribution in [0.2, 0.25) is 0 Å². The Bertz CT molecular complexity index is 416. The molecule has 1 N–H and O–H groups in total. The first-order valence-electron chi connectivity index (χ1n) is 6.29. The molecule has 0 spiro atoms. The smallest absolute Gasteiger partial charge is 0.375 e. The Labute approximate surface area is 106 Å². The number of likely N-dealkylation sites (tertiary alicyclic amines) is 1. The molecule has 0 saturated carbocycles. The molecule has 0 radical (unpaired) electrons. The predicted octanol–water partition coefficient (Wildman–Crippen LogP) is 1.89. The van der Waals surface area contributed by atoms with Crippen LogP contribution in [-0.4, -0.2) is 40.5 Å². The summed E-state index contributed by atoms with van der Waals surface area (Å²) in [5.41, 5.74) is 0.525. The minimum atomic E-state index is -0.441. The van der Waals surface area contributed by atoms with Gasteiger partial charge in [0.05, 0.1) is 0 Å². The van der Waals surface area contributed by atoms with E-state index in [4.69, 9.17) is 0 Å². The molecule has 1 fully saturated rings. The van der Waals surface area contributed by atoms with E-state index >= 15 is 0 Å². The largest absolute Gasteiger partial charge is 0.386 e. The zero-order chi connectivity index (χ0) is 13.0. The molecule has 6 nitrogen and oxygen atoms in total. The van der Waals surface area contributed by atoms with E-state index in [1.54, 1.807) is 12.1 Å². The highest BCUT2D eigenvalue weighted by Gasteiger charge is 2.21. The highest BCUT2D eigenvalue weighted by Crippen LogP contribution is 2.23. The second-order valence-corrected chi connectivity index (χ2v) is 4.48. The van der Waals surface area contributed by atoms with Crippen molar-refractivity contribution < 1.29 is 4.92 Å². The molecule has 98 valence electrons. The molecule has 0 aliphatic carbocycles. The Hall–Kier alpha value is -1.69. The lowest BCUT2D eigenvalue weighted by molar-refractivity contribution is -0.388. The van der Waals surface area contributed by atoms with Crippen molar-refractivity contribution in [1.29, 1.82) is 0 Å². The number of hydrogen-bond donors (Lipinski definition) is 1. The van der Waals surface area contributed by atoms with Gasteiger partial charge in [-0.15, -0.1) is 0 Å². The second-order valence-electron chi connectivity index (χ2n) is 4.48. The number of pyridine rings is 1. The minimum Gasteiger partial charge on any atom is -0.375 e. The molecular weight excluding hydrogens is 232 g/mol. The Morgan fingerprint density at radius 2 is 2.28 bits per heavy atom. The van der Waals surface area contributed by atoms with Crippen LogP contribution in [-0.2, 0) is 0 Å². The SMILES string of the molecule is CCN1CCC(Nc2cccnc2[N+](=O)[O-])CC1. The number of nitrogens with zero attached hydrogens (tertiary/aromatic N) is 3. The van der Waals surface area contributed by atoms with E-state index in [9.17, 15) is 10.1 Å². The van der Waals surface area contributed by atoms with Gasteiger partial charge in [0.15, 0.2) is 0 Å². The van der Waals surface area contributed by atoms with Gasteiger partial charge < -0.3 is 20.3 Å². The molecule has 0 amide bonds. The van der Waals surface area contributed by atoms with Gasteiger partial charge in [-0.1, -0.05) is 6.92 Å². The maximum absolute atomic E-state index is 10.9. The van der Waals surface area contributed by atoms with Crippen molar-refractivity contribution >= 4 is 11.5 Å². The normalized spacial score (nSPS) is 17.6. The summed E-state index contributed by atoms with van der Waals surface area (Å²) in [5, 5.41) is 14.1. The standard InChI is InChI=1S/C12H18N4O2/c1-2-15-8-5-10(6-9-15)14-11-4-3-7-13-12(11)16(17)18/h3-4,7,10,14H,2,5-6,8-9H2,1H3. The van der Waals surface area contributed by atoms with Gasteiger partial charge >= 0.3 is 5.82 Å². The van der Waals surface area contributed by atoms with Crippen LogP contribution in [0, 0.1) is 10.1 Å². The van der Waals surface area contributed by atoms with Gasteiger partial charge in [0.1, 0.15) is 11.9 Å². The molecule has 0 aromatic carbocycles. The van der Waals surface area contributed by atoms with E-state index in [2.05, 4.69) is 22.1 Å². The lowest BCUT2D eigenvalue weighted by Crippen LogP contribution is -2.38. The lowest BCUT2D eigenvalue weighted by atomic mass is 10.0. The second kappa shape index (κ2) is 5.77. The summed E-state index contributed by atoms with van der Waals surface area (Å²) in [5.74, 6) is -0.0876. The van der Waals surface area contributed by atoms with Crippen LogP contribution in [0.3, 0.4) is 0 Å². The van der Waals surface area contributed by atoms with E-state index in [0.717, 1.165) is 32.5 Å². The highest BCUT2D eigenvalue weighted by atomic mass is 16.6. The zero-order valence-electron chi connectivity index (χ0n) is 10.5. The zero-order valence-corrected chi connectivity index (χ0v) is 10.5. The molecule has 0 unspecified atom stereocenters. The van der Waals surface area contributed by atoms with Crippen molar-refractivity contribution in [2.75, 3.05) is 25.0 Å². The van der Waals surface area contributed by atoms with Crippen LogP contribution in [0.5, 0.6) is 0 Å². The number of rotatable bonds is 4. The van der Waals surface area contributed by atoms with E-state index < -0.39 is 4.92 Å². The first kappa shape index (κ1) is 12.8. The molecule has 2 heterocycles. The van der Waals surface area contributed by atoms with Crippen LogP contribution in [0.25, 0.3) is 0 Å². The molecule has 1 saturated heterocycles. The maximum atomic E-state index is 10.9. The van der Waals surface area contributed by atoms with Gasteiger partial charge in [0.25, 0.3) is 0 Å². The number of anilines is 1. The van der Waals surface area contributed by atoms with Crippen LogP contribution in [0.4, 0.5) is 11.5 Å². The van der Waals surface area contributed by atoms with Crippen LogP contribution < -0.4 is 5.32 Å². The minimum absolute atomic E-state index is 0.0876. The predicted molar refractivity (Wildman–Crippen MR) is 69.7 cm³/mol. The quantitative estimate of drug-likeness (QED) is 0.652. The van der Waals surface area contributed by atoms with Gasteiger partial charge in [-0.3, -0.25) is 0 Å². The van der Waals surface area contributed by atoms with Crippen molar-refractivity contribution in [3.8, 4) is 0 Å². The van der Waals surface area contributed by atoms with Gasteiger partial charge in [-0.2, -0.15) is 0 Å². The molecular formula is C12H18N4O2. The van der Waals surface area contributed by atoms with Crippen LogP contribution >= 0.6 is 0 Å². The summed E-state index contributed by atoms with van der Waals surface area (Å²) in [7, 11) is 0. The summed E-state index contributed by atoms with van der Waals surface area (Å²) in [4.78, 5) is 16.6. The number of piperidine rings is 1. The third-order valence-corrected chi connectivity index (χ3v) is 3.35. The molecule has 1 aliphatic rings. The summed E-state index contributed by atoms with van der Waals surface area (Å²) >= 11 is 0. The number of nitro groups is 1. The topological polar surface area (TPSA) is 71.3 Å². The van der Waals surface area contributed by atoms with Gasteiger partial charge in [0.2, 0.25) is 0 Å². The Morgan fingerprint density at radius 3 is 2.89 bits per heavy atom. The summed E-state index contributed by atoms with van der Waals surface area (Å²) in [6.07, 6.45) is 3.47.